The van der Waals surface area contributed by atoms with E-state index >= 15 is 0 Å². The van der Waals surface area contributed by atoms with Crippen LogP contribution in [0.25, 0.3) is 0 Å². The maximum Gasteiger partial charge on any atom is 0.252 e. The van der Waals surface area contributed by atoms with Gasteiger partial charge in [-0.05, 0) is 24.5 Å². The van der Waals surface area contributed by atoms with Crippen molar-refractivity contribution in [2.45, 2.75) is 43.6 Å². The molecule has 4 heteroatoms. The van der Waals surface area contributed by atoms with Gasteiger partial charge in [0.25, 0.3) is 5.92 Å². The lowest BCUT2D eigenvalue weighted by molar-refractivity contribution is -0.130. The zero-order valence-electron chi connectivity index (χ0n) is 9.17. The average Bonchev–Trinajstić information content (AvgIpc) is 2.68. The summed E-state index contributed by atoms with van der Waals surface area (Å²) in [6, 6.07) is 3.64. The second-order valence-electron chi connectivity index (χ2n) is 5.39. The van der Waals surface area contributed by atoms with Crippen LogP contribution in [-0.4, -0.2) is 5.92 Å². The fourth-order valence-electron chi connectivity index (χ4n) is 2.58. The Hall–Kier alpha value is -0.900. The normalized spacial score (nSPS) is 34.5. The lowest BCUT2D eigenvalue weighted by Crippen LogP contribution is -2.55. The fraction of sp³-hybridized carbons (Fsp3) is 0.667. The van der Waals surface area contributed by atoms with Gasteiger partial charge in [-0.15, -0.1) is 0 Å². The summed E-state index contributed by atoms with van der Waals surface area (Å²) < 4.78 is 31.3. The van der Waals surface area contributed by atoms with Crippen molar-refractivity contribution in [3.05, 3.63) is 23.7 Å². The first kappa shape index (κ1) is 10.3. The van der Waals surface area contributed by atoms with Gasteiger partial charge in [-0.25, -0.2) is 8.78 Å². The van der Waals surface area contributed by atoms with Crippen molar-refractivity contribution in [1.82, 2.24) is 0 Å². The molecule has 2 fully saturated rings. The first-order chi connectivity index (χ1) is 7.40. The standard InChI is InChI=1S/C12H15F2NO/c1-7-4-8(7)9-2-3-10(16-9)11(15)5-12(13,14)6-11/h2-3,7-8H,4-6,15H2,1H3. The van der Waals surface area contributed by atoms with Crippen LogP contribution in [0.1, 0.15) is 43.6 Å². The smallest absolute Gasteiger partial charge is 0.252 e. The van der Waals surface area contributed by atoms with Gasteiger partial charge in [0.05, 0.1) is 5.54 Å². The first-order valence-corrected chi connectivity index (χ1v) is 5.67. The quantitative estimate of drug-likeness (QED) is 0.843. The first-order valence-electron chi connectivity index (χ1n) is 5.67. The molecule has 2 atom stereocenters. The Morgan fingerprint density at radius 3 is 2.50 bits per heavy atom. The summed E-state index contributed by atoms with van der Waals surface area (Å²) in [6.07, 6.45) is 0.529. The third kappa shape index (κ3) is 1.47. The van der Waals surface area contributed by atoms with Crippen molar-refractivity contribution in [2.75, 3.05) is 0 Å². The number of hydrogen-bond donors (Lipinski definition) is 1. The van der Waals surface area contributed by atoms with Crippen LogP contribution in [0.3, 0.4) is 0 Å². The molecular weight excluding hydrogens is 212 g/mol. The van der Waals surface area contributed by atoms with E-state index < -0.39 is 11.5 Å². The van der Waals surface area contributed by atoms with Gasteiger partial charge >= 0.3 is 0 Å². The van der Waals surface area contributed by atoms with Crippen LogP contribution in [0, 0.1) is 5.92 Å². The fourth-order valence-corrected chi connectivity index (χ4v) is 2.58. The Morgan fingerprint density at radius 1 is 1.38 bits per heavy atom. The van der Waals surface area contributed by atoms with Gasteiger partial charge in [-0.1, -0.05) is 6.92 Å². The molecular formula is C12H15F2NO. The molecule has 0 aromatic carbocycles. The van der Waals surface area contributed by atoms with Gasteiger partial charge in [0.1, 0.15) is 11.5 Å². The lowest BCUT2D eigenvalue weighted by Gasteiger charge is -2.42. The van der Waals surface area contributed by atoms with Crippen LogP contribution in [0.15, 0.2) is 16.5 Å². The number of hydrogen-bond acceptors (Lipinski definition) is 2. The zero-order chi connectivity index (χ0) is 11.6. The van der Waals surface area contributed by atoms with E-state index in [0.717, 1.165) is 12.2 Å². The van der Waals surface area contributed by atoms with Crippen molar-refractivity contribution in [3.63, 3.8) is 0 Å². The molecule has 0 radical (unpaired) electrons. The molecule has 0 saturated heterocycles. The topological polar surface area (TPSA) is 39.2 Å². The van der Waals surface area contributed by atoms with Crippen molar-refractivity contribution in [2.24, 2.45) is 11.7 Å². The molecule has 2 N–H and O–H groups in total. The predicted molar refractivity (Wildman–Crippen MR) is 55.3 cm³/mol. The molecule has 1 aromatic rings. The minimum Gasteiger partial charge on any atom is -0.464 e. The molecule has 2 aliphatic rings. The molecule has 3 rings (SSSR count). The summed E-state index contributed by atoms with van der Waals surface area (Å²) in [6.45, 7) is 2.16. The van der Waals surface area contributed by atoms with E-state index in [4.69, 9.17) is 10.2 Å². The number of furan rings is 1. The largest absolute Gasteiger partial charge is 0.464 e. The second-order valence-corrected chi connectivity index (χ2v) is 5.39. The summed E-state index contributed by atoms with van der Waals surface area (Å²) in [5.41, 5.74) is 4.95. The van der Waals surface area contributed by atoms with Crippen LogP contribution in [0.5, 0.6) is 0 Å². The Labute approximate surface area is 92.8 Å². The van der Waals surface area contributed by atoms with Crippen LogP contribution in [0.4, 0.5) is 8.78 Å². The Morgan fingerprint density at radius 2 is 2.00 bits per heavy atom. The van der Waals surface area contributed by atoms with E-state index in [1.54, 1.807) is 6.07 Å². The molecule has 1 aromatic heterocycles. The highest BCUT2D eigenvalue weighted by molar-refractivity contribution is 5.25. The molecule has 1 heterocycles. The molecule has 0 bridgehead atoms. The molecule has 2 nitrogen and oxygen atoms in total. The van der Waals surface area contributed by atoms with Crippen molar-refractivity contribution >= 4 is 0 Å². The van der Waals surface area contributed by atoms with Gasteiger partial charge < -0.3 is 10.2 Å². The molecule has 16 heavy (non-hydrogen) atoms. The van der Waals surface area contributed by atoms with Gasteiger partial charge in [0.2, 0.25) is 0 Å². The molecule has 2 aliphatic carbocycles. The van der Waals surface area contributed by atoms with Crippen molar-refractivity contribution < 1.29 is 13.2 Å². The summed E-state index contributed by atoms with van der Waals surface area (Å²) >= 11 is 0. The highest BCUT2D eigenvalue weighted by atomic mass is 19.3. The minimum atomic E-state index is -2.62. The van der Waals surface area contributed by atoms with E-state index in [2.05, 4.69) is 6.92 Å². The van der Waals surface area contributed by atoms with E-state index in [1.807, 2.05) is 6.07 Å². The second kappa shape index (κ2) is 2.86. The van der Waals surface area contributed by atoms with Crippen molar-refractivity contribution in [3.8, 4) is 0 Å². The molecule has 0 amide bonds. The molecule has 0 spiro atoms. The highest BCUT2D eigenvalue weighted by Crippen LogP contribution is 2.52. The van der Waals surface area contributed by atoms with E-state index in [1.165, 1.54) is 0 Å². The number of rotatable bonds is 2. The van der Waals surface area contributed by atoms with Crippen LogP contribution in [-0.2, 0) is 5.54 Å². The number of alkyl halides is 2. The molecule has 2 saturated carbocycles. The lowest BCUT2D eigenvalue weighted by atomic mass is 9.72. The third-order valence-electron chi connectivity index (χ3n) is 3.74. The van der Waals surface area contributed by atoms with Gasteiger partial charge in [-0.3, -0.25) is 0 Å². The van der Waals surface area contributed by atoms with Crippen molar-refractivity contribution in [1.29, 1.82) is 0 Å². The third-order valence-corrected chi connectivity index (χ3v) is 3.74. The maximum absolute atomic E-state index is 12.8. The highest BCUT2D eigenvalue weighted by Gasteiger charge is 2.57. The molecule has 0 aliphatic heterocycles. The number of halogens is 2. The summed E-state index contributed by atoms with van der Waals surface area (Å²) in [7, 11) is 0. The van der Waals surface area contributed by atoms with Gasteiger partial charge in [-0.2, -0.15) is 0 Å². The number of nitrogens with two attached hydrogens (primary N) is 1. The zero-order valence-corrected chi connectivity index (χ0v) is 9.17. The van der Waals surface area contributed by atoms with E-state index in [-0.39, 0.29) is 12.8 Å². The monoisotopic (exact) mass is 227 g/mol. The average molecular weight is 227 g/mol. The summed E-state index contributed by atoms with van der Waals surface area (Å²) in [4.78, 5) is 0. The van der Waals surface area contributed by atoms with Crippen LogP contribution in [0.2, 0.25) is 0 Å². The Balaban J connectivity index is 1.78. The van der Waals surface area contributed by atoms with Crippen LogP contribution < -0.4 is 5.73 Å². The Bertz CT molecular complexity index is 418. The van der Waals surface area contributed by atoms with Gasteiger partial charge in [0, 0.05) is 18.8 Å². The van der Waals surface area contributed by atoms with Gasteiger partial charge in [0.15, 0.2) is 0 Å². The van der Waals surface area contributed by atoms with E-state index in [0.29, 0.717) is 17.6 Å². The SMILES string of the molecule is CC1CC1c1ccc(C2(N)CC(F)(F)C2)o1. The minimum absolute atomic E-state index is 0.298. The predicted octanol–water partition coefficient (Wildman–Crippen LogP) is 2.99. The summed E-state index contributed by atoms with van der Waals surface area (Å²) in [5.74, 6) is -0.0715. The maximum atomic E-state index is 12.8. The Kier molecular flexibility index (Phi) is 1.83. The van der Waals surface area contributed by atoms with Crippen LogP contribution >= 0.6 is 0 Å². The van der Waals surface area contributed by atoms with E-state index in [9.17, 15) is 8.78 Å². The molecule has 2 unspecified atom stereocenters. The summed E-state index contributed by atoms with van der Waals surface area (Å²) in [5, 5.41) is 0. The molecule has 88 valence electrons.